The van der Waals surface area contributed by atoms with Gasteiger partial charge >= 0.3 is 5.97 Å². The Bertz CT molecular complexity index is 504. The zero-order valence-electron chi connectivity index (χ0n) is 9.05. The Morgan fingerprint density at radius 3 is 2.82 bits per heavy atom. The third kappa shape index (κ3) is 3.30. The SMILES string of the molecule is C=CCNC(=O)c1cccn(CC(=O)O)c1=O. The van der Waals surface area contributed by atoms with Crippen molar-refractivity contribution in [1.82, 2.24) is 9.88 Å². The number of carbonyl (C=O) groups is 2. The molecule has 0 saturated heterocycles. The van der Waals surface area contributed by atoms with Gasteiger partial charge in [0.1, 0.15) is 12.1 Å². The second kappa shape index (κ2) is 5.64. The fourth-order valence-electron chi connectivity index (χ4n) is 1.24. The molecule has 0 unspecified atom stereocenters. The molecule has 1 heterocycles. The molecule has 0 aromatic carbocycles. The van der Waals surface area contributed by atoms with Gasteiger partial charge in [-0.1, -0.05) is 6.08 Å². The fraction of sp³-hybridized carbons (Fsp3) is 0.182. The lowest BCUT2D eigenvalue weighted by Gasteiger charge is -2.05. The third-order valence-electron chi connectivity index (χ3n) is 1.98. The Balaban J connectivity index is 3.01. The maximum atomic E-state index is 11.7. The van der Waals surface area contributed by atoms with Crippen molar-refractivity contribution in [3.8, 4) is 0 Å². The van der Waals surface area contributed by atoms with E-state index < -0.39 is 24.0 Å². The van der Waals surface area contributed by atoms with E-state index in [1.165, 1.54) is 24.4 Å². The van der Waals surface area contributed by atoms with Crippen molar-refractivity contribution in [2.75, 3.05) is 6.54 Å². The van der Waals surface area contributed by atoms with E-state index in [2.05, 4.69) is 11.9 Å². The van der Waals surface area contributed by atoms with Crippen LogP contribution >= 0.6 is 0 Å². The number of amides is 1. The molecular formula is C11H12N2O4. The number of carbonyl (C=O) groups excluding carboxylic acids is 1. The first kappa shape index (κ1) is 12.7. The van der Waals surface area contributed by atoms with Crippen LogP contribution in [-0.4, -0.2) is 28.1 Å². The smallest absolute Gasteiger partial charge is 0.323 e. The van der Waals surface area contributed by atoms with Crippen molar-refractivity contribution in [3.05, 3.63) is 46.9 Å². The number of carboxylic acid groups (broad SMARTS) is 1. The first-order valence-electron chi connectivity index (χ1n) is 4.86. The molecule has 0 spiro atoms. The Morgan fingerprint density at radius 2 is 2.24 bits per heavy atom. The molecule has 0 saturated carbocycles. The summed E-state index contributed by atoms with van der Waals surface area (Å²) in [5.41, 5.74) is -0.716. The highest BCUT2D eigenvalue weighted by molar-refractivity contribution is 5.93. The molecule has 0 radical (unpaired) electrons. The molecular weight excluding hydrogens is 224 g/mol. The van der Waals surface area contributed by atoms with Crippen LogP contribution in [-0.2, 0) is 11.3 Å². The Kier molecular flexibility index (Phi) is 4.21. The molecule has 1 amide bonds. The minimum Gasteiger partial charge on any atom is -0.480 e. The zero-order valence-corrected chi connectivity index (χ0v) is 9.05. The van der Waals surface area contributed by atoms with Crippen LogP contribution in [0.25, 0.3) is 0 Å². The molecule has 2 N–H and O–H groups in total. The molecule has 0 bridgehead atoms. The second-order valence-electron chi connectivity index (χ2n) is 3.25. The summed E-state index contributed by atoms with van der Waals surface area (Å²) in [6, 6.07) is 2.80. The maximum Gasteiger partial charge on any atom is 0.323 e. The topological polar surface area (TPSA) is 88.4 Å². The molecule has 1 aromatic rings. The minimum atomic E-state index is -1.14. The van der Waals surface area contributed by atoms with Crippen molar-refractivity contribution in [2.45, 2.75) is 6.54 Å². The van der Waals surface area contributed by atoms with Gasteiger partial charge in [-0.3, -0.25) is 14.4 Å². The van der Waals surface area contributed by atoms with Crippen LogP contribution in [0, 0.1) is 0 Å². The lowest BCUT2D eigenvalue weighted by Crippen LogP contribution is -2.33. The lowest BCUT2D eigenvalue weighted by molar-refractivity contribution is -0.137. The van der Waals surface area contributed by atoms with Gasteiger partial charge in [-0.15, -0.1) is 6.58 Å². The van der Waals surface area contributed by atoms with Gasteiger partial charge in [0.2, 0.25) is 0 Å². The third-order valence-corrected chi connectivity index (χ3v) is 1.98. The molecule has 0 atom stereocenters. The molecule has 0 aliphatic rings. The van der Waals surface area contributed by atoms with Crippen LogP contribution in [0.2, 0.25) is 0 Å². The highest BCUT2D eigenvalue weighted by atomic mass is 16.4. The predicted molar refractivity (Wildman–Crippen MR) is 60.9 cm³/mol. The first-order chi connectivity index (χ1) is 8.06. The molecule has 0 fully saturated rings. The van der Waals surface area contributed by atoms with Gasteiger partial charge in [0, 0.05) is 12.7 Å². The van der Waals surface area contributed by atoms with Crippen LogP contribution in [0.3, 0.4) is 0 Å². The average Bonchev–Trinajstić information content (AvgIpc) is 2.28. The van der Waals surface area contributed by atoms with Crippen LogP contribution in [0.15, 0.2) is 35.8 Å². The van der Waals surface area contributed by atoms with Crippen LogP contribution in [0.1, 0.15) is 10.4 Å². The van der Waals surface area contributed by atoms with Gasteiger partial charge in [0.05, 0.1) is 0 Å². The highest BCUT2D eigenvalue weighted by Crippen LogP contribution is 1.92. The maximum absolute atomic E-state index is 11.7. The molecule has 1 aromatic heterocycles. The van der Waals surface area contributed by atoms with E-state index in [0.29, 0.717) is 0 Å². The number of nitrogens with zero attached hydrogens (tertiary/aromatic N) is 1. The Hall–Kier alpha value is -2.37. The van der Waals surface area contributed by atoms with E-state index in [1.54, 1.807) is 0 Å². The molecule has 1 rings (SSSR count). The summed E-state index contributed by atoms with van der Waals surface area (Å²) in [5.74, 6) is -1.69. The standard InChI is InChI=1S/C11H12N2O4/c1-2-5-12-10(16)8-4-3-6-13(11(8)17)7-9(14)15/h2-4,6H,1,5,7H2,(H,12,16)(H,14,15). The fourth-order valence-corrected chi connectivity index (χ4v) is 1.24. The summed E-state index contributed by atoms with van der Waals surface area (Å²) in [6.45, 7) is 3.20. The molecule has 17 heavy (non-hydrogen) atoms. The van der Waals surface area contributed by atoms with Gasteiger partial charge in [-0.2, -0.15) is 0 Å². The van der Waals surface area contributed by atoms with Gasteiger partial charge in [0.25, 0.3) is 11.5 Å². The second-order valence-corrected chi connectivity index (χ2v) is 3.25. The summed E-state index contributed by atoms with van der Waals surface area (Å²) in [5, 5.41) is 11.0. The van der Waals surface area contributed by atoms with Gasteiger partial charge < -0.3 is 15.0 Å². The Morgan fingerprint density at radius 1 is 1.53 bits per heavy atom. The largest absolute Gasteiger partial charge is 0.480 e. The van der Waals surface area contributed by atoms with Crippen LogP contribution in [0.5, 0.6) is 0 Å². The van der Waals surface area contributed by atoms with E-state index in [9.17, 15) is 14.4 Å². The van der Waals surface area contributed by atoms with Crippen molar-refractivity contribution < 1.29 is 14.7 Å². The van der Waals surface area contributed by atoms with Gasteiger partial charge in [0.15, 0.2) is 0 Å². The molecule has 6 nitrogen and oxygen atoms in total. The molecule has 0 aliphatic heterocycles. The van der Waals surface area contributed by atoms with E-state index in [-0.39, 0.29) is 12.1 Å². The first-order valence-corrected chi connectivity index (χ1v) is 4.86. The van der Waals surface area contributed by atoms with Crippen molar-refractivity contribution >= 4 is 11.9 Å². The number of aromatic nitrogens is 1. The van der Waals surface area contributed by atoms with Crippen LogP contribution in [0.4, 0.5) is 0 Å². The number of rotatable bonds is 5. The zero-order chi connectivity index (χ0) is 12.8. The quantitative estimate of drug-likeness (QED) is 0.696. The van der Waals surface area contributed by atoms with E-state index >= 15 is 0 Å². The summed E-state index contributed by atoms with van der Waals surface area (Å²) in [4.78, 5) is 33.8. The van der Waals surface area contributed by atoms with Crippen molar-refractivity contribution in [2.24, 2.45) is 0 Å². The number of nitrogens with one attached hydrogen (secondary N) is 1. The number of hydrogen-bond acceptors (Lipinski definition) is 3. The predicted octanol–water partition coefficient (Wildman–Crippen LogP) is -0.151. The lowest BCUT2D eigenvalue weighted by atomic mass is 10.2. The summed E-state index contributed by atoms with van der Waals surface area (Å²) in [7, 11) is 0. The number of pyridine rings is 1. The minimum absolute atomic E-state index is 0.0874. The normalized spacial score (nSPS) is 9.65. The highest BCUT2D eigenvalue weighted by Gasteiger charge is 2.12. The van der Waals surface area contributed by atoms with E-state index in [4.69, 9.17) is 5.11 Å². The summed E-state index contributed by atoms with van der Waals surface area (Å²) >= 11 is 0. The Labute approximate surface area is 97.2 Å². The van der Waals surface area contributed by atoms with E-state index in [1.807, 2.05) is 0 Å². The monoisotopic (exact) mass is 236 g/mol. The molecule has 0 aliphatic carbocycles. The van der Waals surface area contributed by atoms with Crippen molar-refractivity contribution in [1.29, 1.82) is 0 Å². The average molecular weight is 236 g/mol. The van der Waals surface area contributed by atoms with Gasteiger partial charge in [-0.25, -0.2) is 0 Å². The summed E-state index contributed by atoms with van der Waals surface area (Å²) in [6.07, 6.45) is 2.80. The summed E-state index contributed by atoms with van der Waals surface area (Å²) < 4.78 is 0.963. The number of carboxylic acids is 1. The van der Waals surface area contributed by atoms with E-state index in [0.717, 1.165) is 4.57 Å². The van der Waals surface area contributed by atoms with Gasteiger partial charge in [-0.05, 0) is 12.1 Å². The van der Waals surface area contributed by atoms with Crippen molar-refractivity contribution in [3.63, 3.8) is 0 Å². The number of hydrogen-bond donors (Lipinski definition) is 2. The number of aliphatic carboxylic acids is 1. The molecule has 90 valence electrons. The molecule has 6 heteroatoms. The van der Waals surface area contributed by atoms with Crippen LogP contribution < -0.4 is 10.9 Å².